The topological polar surface area (TPSA) is 40.5 Å². The maximum Gasteiger partial charge on any atom is 0.336 e. The Morgan fingerprint density at radius 2 is 2.16 bits per heavy atom. The molecule has 0 radical (unpaired) electrons. The highest BCUT2D eigenvalue weighted by Crippen LogP contribution is 2.16. The summed E-state index contributed by atoms with van der Waals surface area (Å²) in [5.74, 6) is -1.44. The van der Waals surface area contributed by atoms with Gasteiger partial charge in [0.15, 0.2) is 0 Å². The Morgan fingerprint density at radius 1 is 1.37 bits per heavy atom. The first-order valence-corrected chi connectivity index (χ1v) is 6.67. The van der Waals surface area contributed by atoms with E-state index in [0.717, 1.165) is 0 Å². The summed E-state index contributed by atoms with van der Waals surface area (Å²) in [5.41, 5.74) is 0.644. The predicted octanol–water partition coefficient (Wildman–Crippen LogP) is 3.22. The summed E-state index contributed by atoms with van der Waals surface area (Å²) in [6, 6.07) is 7.76. The Bertz CT molecular complexity index is 569. The van der Waals surface area contributed by atoms with E-state index in [1.165, 1.54) is 23.1 Å². The second-order valence-corrected chi connectivity index (χ2v) is 5.39. The highest BCUT2D eigenvalue weighted by molar-refractivity contribution is 7.09. The molecule has 2 rings (SSSR count). The molecule has 0 aliphatic carbocycles. The van der Waals surface area contributed by atoms with Crippen molar-refractivity contribution in [2.24, 2.45) is 0 Å². The van der Waals surface area contributed by atoms with Gasteiger partial charge in [0.2, 0.25) is 0 Å². The van der Waals surface area contributed by atoms with Crippen molar-refractivity contribution in [3.05, 3.63) is 57.5 Å². The molecule has 0 aliphatic rings. The number of hydrogen-bond acceptors (Lipinski definition) is 3. The van der Waals surface area contributed by atoms with Crippen LogP contribution in [-0.4, -0.2) is 23.0 Å². The van der Waals surface area contributed by atoms with Crippen LogP contribution in [0.15, 0.2) is 35.7 Å². The van der Waals surface area contributed by atoms with Crippen LogP contribution >= 0.6 is 11.3 Å². The van der Waals surface area contributed by atoms with Crippen LogP contribution in [0, 0.1) is 5.82 Å². The molecule has 0 saturated heterocycles. The smallest absolute Gasteiger partial charge is 0.336 e. The van der Waals surface area contributed by atoms with E-state index in [1.807, 2.05) is 29.5 Å². The molecule has 5 heteroatoms. The first-order valence-electron chi connectivity index (χ1n) is 5.79. The predicted molar refractivity (Wildman–Crippen MR) is 72.8 cm³/mol. The van der Waals surface area contributed by atoms with Crippen LogP contribution in [0.4, 0.5) is 4.39 Å². The molecule has 1 N–H and O–H groups in total. The van der Waals surface area contributed by atoms with Crippen molar-refractivity contribution in [1.82, 2.24) is 4.90 Å². The molecule has 1 heterocycles. The fourth-order valence-corrected chi connectivity index (χ4v) is 2.70. The number of rotatable bonds is 5. The zero-order chi connectivity index (χ0) is 13.8. The van der Waals surface area contributed by atoms with E-state index >= 15 is 0 Å². The average molecular weight is 279 g/mol. The summed E-state index contributed by atoms with van der Waals surface area (Å²) in [6.07, 6.45) is 0. The third-order valence-corrected chi connectivity index (χ3v) is 3.60. The molecule has 0 fully saturated rings. The van der Waals surface area contributed by atoms with Crippen LogP contribution in [0.25, 0.3) is 0 Å². The molecule has 1 aromatic carbocycles. The summed E-state index contributed by atoms with van der Waals surface area (Å²) in [5, 5.41) is 11.1. The van der Waals surface area contributed by atoms with Crippen molar-refractivity contribution in [2.45, 2.75) is 13.1 Å². The molecule has 0 amide bonds. The molecule has 0 saturated carbocycles. The number of carbonyl (C=O) groups is 1. The van der Waals surface area contributed by atoms with Gasteiger partial charge in [-0.3, -0.25) is 4.90 Å². The van der Waals surface area contributed by atoms with Gasteiger partial charge >= 0.3 is 5.97 Å². The van der Waals surface area contributed by atoms with Gasteiger partial charge in [-0.15, -0.1) is 11.3 Å². The number of aromatic carboxylic acids is 1. The molecule has 100 valence electrons. The summed E-state index contributed by atoms with van der Waals surface area (Å²) in [6.45, 7) is 1.12. The van der Waals surface area contributed by atoms with E-state index in [4.69, 9.17) is 5.11 Å². The Labute approximate surface area is 114 Å². The quantitative estimate of drug-likeness (QED) is 0.913. The van der Waals surface area contributed by atoms with Gasteiger partial charge < -0.3 is 5.11 Å². The first-order chi connectivity index (χ1) is 9.06. The molecule has 0 spiro atoms. The summed E-state index contributed by atoms with van der Waals surface area (Å²) in [4.78, 5) is 14.2. The van der Waals surface area contributed by atoms with Crippen molar-refractivity contribution in [3.8, 4) is 0 Å². The van der Waals surface area contributed by atoms with E-state index in [-0.39, 0.29) is 5.56 Å². The van der Waals surface area contributed by atoms with Gasteiger partial charge in [0.25, 0.3) is 0 Å². The number of carboxylic acids is 1. The highest BCUT2D eigenvalue weighted by Gasteiger charge is 2.13. The summed E-state index contributed by atoms with van der Waals surface area (Å²) < 4.78 is 13.2. The van der Waals surface area contributed by atoms with Gasteiger partial charge in [-0.1, -0.05) is 6.07 Å². The Hall–Kier alpha value is -1.72. The van der Waals surface area contributed by atoms with Gasteiger partial charge in [0.1, 0.15) is 5.82 Å². The Morgan fingerprint density at radius 3 is 2.79 bits per heavy atom. The molecular weight excluding hydrogens is 265 g/mol. The fourth-order valence-electron chi connectivity index (χ4n) is 1.92. The third-order valence-electron chi connectivity index (χ3n) is 2.74. The second-order valence-electron chi connectivity index (χ2n) is 4.36. The van der Waals surface area contributed by atoms with Gasteiger partial charge in [-0.25, -0.2) is 9.18 Å². The van der Waals surface area contributed by atoms with E-state index in [2.05, 4.69) is 0 Å². The molecule has 19 heavy (non-hydrogen) atoms. The number of benzene rings is 1. The fraction of sp³-hybridized carbons (Fsp3) is 0.214. The second kappa shape index (κ2) is 5.95. The lowest BCUT2D eigenvalue weighted by Crippen LogP contribution is -2.18. The van der Waals surface area contributed by atoms with E-state index < -0.39 is 11.8 Å². The van der Waals surface area contributed by atoms with Crippen LogP contribution in [0.1, 0.15) is 20.8 Å². The minimum atomic E-state index is -1.03. The van der Waals surface area contributed by atoms with E-state index in [1.54, 1.807) is 11.3 Å². The van der Waals surface area contributed by atoms with Crippen LogP contribution < -0.4 is 0 Å². The zero-order valence-electron chi connectivity index (χ0n) is 10.5. The number of carboxylic acid groups (broad SMARTS) is 1. The first kappa shape index (κ1) is 13.7. The zero-order valence-corrected chi connectivity index (χ0v) is 11.3. The van der Waals surface area contributed by atoms with Gasteiger partial charge in [0, 0.05) is 18.0 Å². The molecule has 3 nitrogen and oxygen atoms in total. The summed E-state index contributed by atoms with van der Waals surface area (Å²) >= 11 is 1.64. The number of nitrogens with zero attached hydrogens (tertiary/aromatic N) is 1. The van der Waals surface area contributed by atoms with Crippen molar-refractivity contribution in [3.63, 3.8) is 0 Å². The van der Waals surface area contributed by atoms with Crippen molar-refractivity contribution < 1.29 is 14.3 Å². The van der Waals surface area contributed by atoms with Gasteiger partial charge in [-0.2, -0.15) is 0 Å². The third kappa shape index (κ3) is 3.62. The summed E-state index contributed by atoms with van der Waals surface area (Å²) in [7, 11) is 1.89. The van der Waals surface area contributed by atoms with Gasteiger partial charge in [-0.05, 0) is 42.3 Å². The lowest BCUT2D eigenvalue weighted by atomic mass is 10.1. The van der Waals surface area contributed by atoms with Crippen LogP contribution in [-0.2, 0) is 13.1 Å². The molecule has 0 atom stereocenters. The van der Waals surface area contributed by atoms with E-state index in [9.17, 15) is 9.18 Å². The average Bonchev–Trinajstić information content (AvgIpc) is 2.81. The maximum absolute atomic E-state index is 13.2. The molecular formula is C14H14FNO2S. The monoisotopic (exact) mass is 279 g/mol. The molecule has 0 bridgehead atoms. The Balaban J connectivity index is 2.13. The van der Waals surface area contributed by atoms with Crippen molar-refractivity contribution in [2.75, 3.05) is 7.05 Å². The van der Waals surface area contributed by atoms with E-state index in [0.29, 0.717) is 18.7 Å². The maximum atomic E-state index is 13.2. The Kier molecular flexibility index (Phi) is 4.29. The van der Waals surface area contributed by atoms with Crippen LogP contribution in [0.2, 0.25) is 0 Å². The largest absolute Gasteiger partial charge is 0.478 e. The number of thiophene rings is 1. The molecule has 2 aromatic rings. The van der Waals surface area contributed by atoms with Crippen molar-refractivity contribution in [1.29, 1.82) is 0 Å². The number of halogens is 1. The molecule has 0 aliphatic heterocycles. The minimum Gasteiger partial charge on any atom is -0.478 e. The SMILES string of the molecule is CN(Cc1cccs1)Cc1cc(F)ccc1C(=O)O. The normalized spacial score (nSPS) is 10.9. The molecule has 1 aromatic heterocycles. The van der Waals surface area contributed by atoms with Crippen LogP contribution in [0.5, 0.6) is 0 Å². The van der Waals surface area contributed by atoms with Crippen LogP contribution in [0.3, 0.4) is 0 Å². The number of hydrogen-bond donors (Lipinski definition) is 1. The lowest BCUT2D eigenvalue weighted by Gasteiger charge is -2.17. The highest BCUT2D eigenvalue weighted by atomic mass is 32.1. The molecule has 0 unspecified atom stereocenters. The lowest BCUT2D eigenvalue weighted by molar-refractivity contribution is 0.0694. The minimum absolute atomic E-state index is 0.152. The van der Waals surface area contributed by atoms with Crippen molar-refractivity contribution >= 4 is 17.3 Å². The van der Waals surface area contributed by atoms with Gasteiger partial charge in [0.05, 0.1) is 5.56 Å². The standard InChI is InChI=1S/C14H14FNO2S/c1-16(9-12-3-2-6-19-12)8-10-7-11(15)4-5-13(10)14(17)18/h2-7H,8-9H2,1H3,(H,17,18).